The maximum atomic E-state index is 5.99. The molecule has 1 unspecified atom stereocenters. The van der Waals surface area contributed by atoms with Gasteiger partial charge in [0.1, 0.15) is 0 Å². The van der Waals surface area contributed by atoms with Crippen LogP contribution < -0.4 is 5.32 Å². The normalized spacial score (nSPS) is 17.7. The second-order valence-electron chi connectivity index (χ2n) is 5.54. The minimum absolute atomic E-state index is 0.319. The van der Waals surface area contributed by atoms with Gasteiger partial charge in [0.25, 0.3) is 0 Å². The van der Waals surface area contributed by atoms with E-state index in [1.165, 1.54) is 24.0 Å². The van der Waals surface area contributed by atoms with E-state index in [-0.39, 0.29) is 0 Å². The van der Waals surface area contributed by atoms with E-state index in [2.05, 4.69) is 41.5 Å². The standard InChI is InChI=1S/C17H19ClN2/c1-12(13-8-10-19-11-9-13)20-17(14-2-3-14)15-4-6-16(18)7-5-15/h4-12,14,17,20H,2-3H2,1H3/t12-,17?/m0/s1. The van der Waals surface area contributed by atoms with Crippen LogP contribution in [-0.2, 0) is 0 Å². The van der Waals surface area contributed by atoms with E-state index in [1.54, 1.807) is 0 Å². The van der Waals surface area contributed by atoms with Gasteiger partial charge in [-0.15, -0.1) is 0 Å². The highest BCUT2D eigenvalue weighted by Gasteiger charge is 2.33. The van der Waals surface area contributed by atoms with Gasteiger partial charge in [0.15, 0.2) is 0 Å². The lowest BCUT2D eigenvalue weighted by Crippen LogP contribution is -2.26. The highest BCUT2D eigenvalue weighted by molar-refractivity contribution is 6.30. The third-order valence-corrected chi connectivity index (χ3v) is 4.21. The van der Waals surface area contributed by atoms with Crippen molar-refractivity contribution in [2.75, 3.05) is 0 Å². The molecule has 0 radical (unpaired) electrons. The third-order valence-electron chi connectivity index (χ3n) is 3.96. The quantitative estimate of drug-likeness (QED) is 0.873. The molecule has 1 fully saturated rings. The van der Waals surface area contributed by atoms with E-state index in [0.29, 0.717) is 12.1 Å². The molecule has 1 aromatic carbocycles. The molecule has 0 spiro atoms. The first kappa shape index (κ1) is 13.6. The van der Waals surface area contributed by atoms with Crippen LogP contribution in [0.5, 0.6) is 0 Å². The Labute approximate surface area is 125 Å². The maximum absolute atomic E-state index is 5.99. The number of aromatic nitrogens is 1. The fourth-order valence-electron chi connectivity index (χ4n) is 2.62. The lowest BCUT2D eigenvalue weighted by atomic mass is 10.00. The Morgan fingerprint density at radius 2 is 1.70 bits per heavy atom. The Balaban J connectivity index is 1.76. The molecule has 3 rings (SSSR count). The second kappa shape index (κ2) is 5.94. The number of halogens is 1. The van der Waals surface area contributed by atoms with Crippen LogP contribution in [-0.4, -0.2) is 4.98 Å². The molecule has 1 aromatic heterocycles. The number of hydrogen-bond acceptors (Lipinski definition) is 2. The summed E-state index contributed by atoms with van der Waals surface area (Å²) in [4.78, 5) is 4.08. The smallest absolute Gasteiger partial charge is 0.0406 e. The molecule has 1 N–H and O–H groups in total. The third kappa shape index (κ3) is 3.20. The Morgan fingerprint density at radius 1 is 1.05 bits per heavy atom. The fourth-order valence-corrected chi connectivity index (χ4v) is 2.75. The molecule has 2 nitrogen and oxygen atoms in total. The zero-order valence-electron chi connectivity index (χ0n) is 11.6. The van der Waals surface area contributed by atoms with Crippen molar-refractivity contribution in [3.8, 4) is 0 Å². The summed E-state index contributed by atoms with van der Waals surface area (Å²) in [6, 6.07) is 13.1. The molecule has 104 valence electrons. The second-order valence-corrected chi connectivity index (χ2v) is 5.97. The van der Waals surface area contributed by atoms with Crippen molar-refractivity contribution >= 4 is 11.6 Å². The molecule has 20 heavy (non-hydrogen) atoms. The van der Waals surface area contributed by atoms with E-state index < -0.39 is 0 Å². The Hall–Kier alpha value is -1.38. The molecule has 1 saturated carbocycles. The van der Waals surface area contributed by atoms with Crippen LogP contribution in [0.25, 0.3) is 0 Å². The molecule has 1 aliphatic carbocycles. The molecule has 2 aromatic rings. The lowest BCUT2D eigenvalue weighted by molar-refractivity contribution is 0.427. The Kier molecular flexibility index (Phi) is 4.04. The summed E-state index contributed by atoms with van der Waals surface area (Å²) < 4.78 is 0. The van der Waals surface area contributed by atoms with E-state index in [4.69, 9.17) is 11.6 Å². The van der Waals surface area contributed by atoms with Crippen LogP contribution in [0.1, 0.15) is 43.0 Å². The average molecular weight is 287 g/mol. The van der Waals surface area contributed by atoms with Gasteiger partial charge in [0.05, 0.1) is 0 Å². The van der Waals surface area contributed by atoms with Crippen LogP contribution in [0.4, 0.5) is 0 Å². The van der Waals surface area contributed by atoms with Crippen LogP contribution in [0.2, 0.25) is 5.02 Å². The van der Waals surface area contributed by atoms with Gasteiger partial charge in [0, 0.05) is 29.5 Å². The summed E-state index contributed by atoms with van der Waals surface area (Å²) in [7, 11) is 0. The highest BCUT2D eigenvalue weighted by Crippen LogP contribution is 2.42. The molecule has 0 saturated heterocycles. The van der Waals surface area contributed by atoms with Gasteiger partial charge in [-0.25, -0.2) is 0 Å². The monoisotopic (exact) mass is 286 g/mol. The van der Waals surface area contributed by atoms with Crippen molar-refractivity contribution in [1.82, 2.24) is 10.3 Å². The van der Waals surface area contributed by atoms with Crippen molar-refractivity contribution in [2.24, 2.45) is 5.92 Å². The van der Waals surface area contributed by atoms with Gasteiger partial charge < -0.3 is 5.32 Å². The van der Waals surface area contributed by atoms with E-state index >= 15 is 0 Å². The highest BCUT2D eigenvalue weighted by atomic mass is 35.5. The molecule has 0 aliphatic heterocycles. The van der Waals surface area contributed by atoms with Crippen LogP contribution in [0.15, 0.2) is 48.8 Å². The van der Waals surface area contributed by atoms with Crippen molar-refractivity contribution in [3.63, 3.8) is 0 Å². The molecule has 3 heteroatoms. The summed E-state index contributed by atoms with van der Waals surface area (Å²) in [5.74, 6) is 0.750. The first-order valence-corrected chi connectivity index (χ1v) is 7.53. The zero-order chi connectivity index (χ0) is 13.9. The summed E-state index contributed by atoms with van der Waals surface area (Å²) in [6.45, 7) is 2.21. The molecular formula is C17H19ClN2. The molecule has 0 amide bonds. The molecular weight excluding hydrogens is 268 g/mol. The summed E-state index contributed by atoms with van der Waals surface area (Å²) in [5.41, 5.74) is 2.61. The SMILES string of the molecule is C[C@H](NC(c1ccc(Cl)cc1)C1CC1)c1ccncc1. The van der Waals surface area contributed by atoms with Gasteiger partial charge in [-0.3, -0.25) is 4.98 Å². The van der Waals surface area contributed by atoms with Crippen LogP contribution in [0.3, 0.4) is 0 Å². The number of nitrogens with zero attached hydrogens (tertiary/aromatic N) is 1. The van der Waals surface area contributed by atoms with Gasteiger partial charge >= 0.3 is 0 Å². The molecule has 2 atom stereocenters. The van der Waals surface area contributed by atoms with Crippen molar-refractivity contribution in [3.05, 3.63) is 64.9 Å². The number of nitrogens with one attached hydrogen (secondary N) is 1. The van der Waals surface area contributed by atoms with E-state index in [9.17, 15) is 0 Å². The number of benzene rings is 1. The molecule has 1 aliphatic rings. The number of rotatable bonds is 5. The number of hydrogen-bond donors (Lipinski definition) is 1. The van der Waals surface area contributed by atoms with Gasteiger partial charge in [0.2, 0.25) is 0 Å². The summed E-state index contributed by atoms with van der Waals surface area (Å²) in [6.07, 6.45) is 6.32. The van der Waals surface area contributed by atoms with E-state index in [0.717, 1.165) is 10.9 Å². The summed E-state index contributed by atoms with van der Waals surface area (Å²) in [5, 5.41) is 4.56. The maximum Gasteiger partial charge on any atom is 0.0406 e. The van der Waals surface area contributed by atoms with Crippen molar-refractivity contribution in [1.29, 1.82) is 0 Å². The van der Waals surface area contributed by atoms with Crippen molar-refractivity contribution < 1.29 is 0 Å². The predicted molar refractivity (Wildman–Crippen MR) is 82.7 cm³/mol. The minimum Gasteiger partial charge on any atom is -0.303 e. The van der Waals surface area contributed by atoms with Gasteiger partial charge in [-0.1, -0.05) is 23.7 Å². The largest absolute Gasteiger partial charge is 0.303 e. The minimum atomic E-state index is 0.319. The lowest BCUT2D eigenvalue weighted by Gasteiger charge is -2.24. The zero-order valence-corrected chi connectivity index (χ0v) is 12.3. The van der Waals surface area contributed by atoms with Crippen molar-refractivity contribution in [2.45, 2.75) is 31.8 Å². The molecule has 0 bridgehead atoms. The Bertz CT molecular complexity index is 549. The predicted octanol–water partition coefficient (Wildman–Crippen LogP) is 4.54. The Morgan fingerprint density at radius 3 is 2.30 bits per heavy atom. The molecule has 1 heterocycles. The first-order valence-electron chi connectivity index (χ1n) is 7.15. The van der Waals surface area contributed by atoms with Crippen LogP contribution >= 0.6 is 11.6 Å². The average Bonchev–Trinajstić information content (AvgIpc) is 3.31. The number of pyridine rings is 1. The topological polar surface area (TPSA) is 24.9 Å². The van der Waals surface area contributed by atoms with Gasteiger partial charge in [-0.2, -0.15) is 0 Å². The van der Waals surface area contributed by atoms with E-state index in [1.807, 2.05) is 24.5 Å². The fraction of sp³-hybridized carbons (Fsp3) is 0.353. The van der Waals surface area contributed by atoms with Crippen LogP contribution in [0, 0.1) is 5.92 Å². The first-order chi connectivity index (χ1) is 9.74. The van der Waals surface area contributed by atoms with Gasteiger partial charge in [-0.05, 0) is 61.1 Å². The summed E-state index contributed by atoms with van der Waals surface area (Å²) >= 11 is 5.99.